The number of esters is 1. The molecule has 1 amide bonds. The number of rotatable bonds is 6. The van der Waals surface area contributed by atoms with Gasteiger partial charge in [-0.1, -0.05) is 23.5 Å². The molecular weight excluding hydrogens is 382 g/mol. The van der Waals surface area contributed by atoms with E-state index in [0.717, 1.165) is 22.3 Å². The molecule has 0 atom stereocenters. The third-order valence-electron chi connectivity index (χ3n) is 3.96. The molecule has 0 aliphatic heterocycles. The summed E-state index contributed by atoms with van der Waals surface area (Å²) in [6, 6.07) is 11.1. The van der Waals surface area contributed by atoms with Crippen LogP contribution in [0.5, 0.6) is 0 Å². The molecular formula is C19H17N3O5S. The second-order valence-corrected chi connectivity index (χ2v) is 6.77. The van der Waals surface area contributed by atoms with Gasteiger partial charge in [0.1, 0.15) is 0 Å². The number of non-ortho nitro benzene ring substituents is 1. The standard InChI is InChI=1S/C19H17N3O5S/c1-3-21(19-20-15-7-5-6-8-16(15)28-19)17(23)12-9-13(18(24)27-4-2)11-14(10-12)22(25)26/h5-11H,3-4H2,1-2H3. The highest BCUT2D eigenvalue weighted by Crippen LogP contribution is 2.30. The molecule has 3 aromatic rings. The Morgan fingerprint density at radius 3 is 2.54 bits per heavy atom. The van der Waals surface area contributed by atoms with Crippen molar-refractivity contribution in [2.45, 2.75) is 13.8 Å². The van der Waals surface area contributed by atoms with E-state index in [9.17, 15) is 19.7 Å². The molecule has 9 heteroatoms. The first kappa shape index (κ1) is 19.4. The second-order valence-electron chi connectivity index (χ2n) is 5.76. The van der Waals surface area contributed by atoms with Crippen molar-refractivity contribution in [1.82, 2.24) is 4.98 Å². The van der Waals surface area contributed by atoms with Crippen LogP contribution in [0, 0.1) is 10.1 Å². The summed E-state index contributed by atoms with van der Waals surface area (Å²) in [5, 5.41) is 11.7. The van der Waals surface area contributed by atoms with Gasteiger partial charge in [0, 0.05) is 24.2 Å². The zero-order valence-electron chi connectivity index (χ0n) is 15.2. The van der Waals surface area contributed by atoms with Crippen molar-refractivity contribution in [2.75, 3.05) is 18.1 Å². The van der Waals surface area contributed by atoms with E-state index >= 15 is 0 Å². The SMILES string of the molecule is CCOC(=O)c1cc(C(=O)N(CC)c2nc3ccccc3s2)cc([N+](=O)[O-])c1. The number of nitro benzene ring substituents is 1. The molecule has 28 heavy (non-hydrogen) atoms. The molecule has 0 aliphatic carbocycles. The van der Waals surface area contributed by atoms with Crippen molar-refractivity contribution in [2.24, 2.45) is 0 Å². The lowest BCUT2D eigenvalue weighted by Crippen LogP contribution is -2.30. The number of ether oxygens (including phenoxy) is 1. The molecule has 0 bridgehead atoms. The van der Waals surface area contributed by atoms with Gasteiger partial charge in [0.15, 0.2) is 5.13 Å². The number of thiazole rings is 1. The maximum atomic E-state index is 13.1. The fourth-order valence-corrected chi connectivity index (χ4v) is 3.70. The quantitative estimate of drug-likeness (QED) is 0.352. The first-order chi connectivity index (χ1) is 13.4. The lowest BCUT2D eigenvalue weighted by atomic mass is 10.1. The first-order valence-electron chi connectivity index (χ1n) is 8.58. The Kier molecular flexibility index (Phi) is 5.65. The van der Waals surface area contributed by atoms with E-state index in [0.29, 0.717) is 11.7 Å². The van der Waals surface area contributed by atoms with Crippen LogP contribution in [0.4, 0.5) is 10.8 Å². The lowest BCUT2D eigenvalue weighted by molar-refractivity contribution is -0.384. The normalized spacial score (nSPS) is 10.6. The number of benzene rings is 2. The Morgan fingerprint density at radius 1 is 1.18 bits per heavy atom. The van der Waals surface area contributed by atoms with E-state index < -0.39 is 16.8 Å². The molecule has 1 heterocycles. The topological polar surface area (TPSA) is 103 Å². The predicted molar refractivity (Wildman–Crippen MR) is 106 cm³/mol. The average molecular weight is 399 g/mol. The molecule has 0 saturated carbocycles. The minimum atomic E-state index is -0.719. The van der Waals surface area contributed by atoms with Gasteiger partial charge in [0.2, 0.25) is 0 Å². The van der Waals surface area contributed by atoms with Crippen LogP contribution in [0.2, 0.25) is 0 Å². The van der Waals surface area contributed by atoms with Gasteiger partial charge in [-0.15, -0.1) is 0 Å². The summed E-state index contributed by atoms with van der Waals surface area (Å²) in [6.45, 7) is 3.86. The molecule has 0 N–H and O–H groups in total. The molecule has 3 rings (SSSR count). The third kappa shape index (κ3) is 3.84. The van der Waals surface area contributed by atoms with Gasteiger partial charge >= 0.3 is 5.97 Å². The van der Waals surface area contributed by atoms with E-state index in [1.54, 1.807) is 13.8 Å². The number of anilines is 1. The van der Waals surface area contributed by atoms with Crippen LogP contribution in [0.3, 0.4) is 0 Å². The van der Waals surface area contributed by atoms with Gasteiger partial charge in [-0.3, -0.25) is 19.8 Å². The second kappa shape index (κ2) is 8.13. The maximum absolute atomic E-state index is 13.1. The number of carbonyl (C=O) groups excluding carboxylic acids is 2. The Balaban J connectivity index is 2.03. The van der Waals surface area contributed by atoms with Crippen molar-refractivity contribution in [3.05, 3.63) is 63.7 Å². The molecule has 1 aromatic heterocycles. The van der Waals surface area contributed by atoms with E-state index in [-0.39, 0.29) is 23.4 Å². The number of aromatic nitrogens is 1. The number of para-hydroxylation sites is 1. The highest BCUT2D eigenvalue weighted by atomic mass is 32.1. The number of hydrogen-bond acceptors (Lipinski definition) is 7. The monoisotopic (exact) mass is 399 g/mol. The van der Waals surface area contributed by atoms with E-state index in [4.69, 9.17) is 4.74 Å². The summed E-state index contributed by atoms with van der Waals surface area (Å²) in [7, 11) is 0. The summed E-state index contributed by atoms with van der Waals surface area (Å²) >= 11 is 1.35. The molecule has 8 nitrogen and oxygen atoms in total. The van der Waals surface area contributed by atoms with Crippen molar-refractivity contribution in [3.63, 3.8) is 0 Å². The number of nitro groups is 1. The zero-order valence-corrected chi connectivity index (χ0v) is 16.1. The van der Waals surface area contributed by atoms with Crippen molar-refractivity contribution >= 4 is 44.2 Å². The summed E-state index contributed by atoms with van der Waals surface area (Å²) in [5.41, 5.74) is 0.396. The first-order valence-corrected chi connectivity index (χ1v) is 9.40. The van der Waals surface area contributed by atoms with Gasteiger partial charge in [-0.25, -0.2) is 9.78 Å². The van der Waals surface area contributed by atoms with E-state index in [1.165, 1.54) is 22.3 Å². The van der Waals surface area contributed by atoms with Gasteiger partial charge in [0.05, 0.1) is 27.3 Å². The van der Waals surface area contributed by atoms with Crippen LogP contribution in [0.15, 0.2) is 42.5 Å². The number of nitrogens with zero attached hydrogens (tertiary/aromatic N) is 3. The third-order valence-corrected chi connectivity index (χ3v) is 5.02. The van der Waals surface area contributed by atoms with Crippen LogP contribution in [0.1, 0.15) is 34.6 Å². The fourth-order valence-electron chi connectivity index (χ4n) is 2.67. The Hall–Kier alpha value is -3.33. The summed E-state index contributed by atoms with van der Waals surface area (Å²) in [5.74, 6) is -1.20. The van der Waals surface area contributed by atoms with Crippen molar-refractivity contribution in [3.8, 4) is 0 Å². The zero-order chi connectivity index (χ0) is 20.3. The van der Waals surface area contributed by atoms with Crippen molar-refractivity contribution in [1.29, 1.82) is 0 Å². The smallest absolute Gasteiger partial charge is 0.338 e. The van der Waals surface area contributed by atoms with Gasteiger partial charge in [-0.05, 0) is 32.0 Å². The number of amides is 1. The molecule has 0 radical (unpaired) electrons. The number of hydrogen-bond donors (Lipinski definition) is 0. The molecule has 2 aromatic carbocycles. The maximum Gasteiger partial charge on any atom is 0.338 e. The van der Waals surface area contributed by atoms with E-state index in [1.807, 2.05) is 24.3 Å². The van der Waals surface area contributed by atoms with Crippen molar-refractivity contribution < 1.29 is 19.2 Å². The van der Waals surface area contributed by atoms with Crippen LogP contribution in [-0.4, -0.2) is 34.9 Å². The van der Waals surface area contributed by atoms with Crippen LogP contribution in [0.25, 0.3) is 10.2 Å². The van der Waals surface area contributed by atoms with Gasteiger partial charge < -0.3 is 4.74 Å². The minimum Gasteiger partial charge on any atom is -0.462 e. The van der Waals surface area contributed by atoms with Gasteiger partial charge in [0.25, 0.3) is 11.6 Å². The summed E-state index contributed by atoms with van der Waals surface area (Å²) in [4.78, 5) is 41.6. The van der Waals surface area contributed by atoms with Crippen LogP contribution >= 0.6 is 11.3 Å². The minimum absolute atomic E-state index is 0.0263. The average Bonchev–Trinajstić information content (AvgIpc) is 3.11. The summed E-state index contributed by atoms with van der Waals surface area (Å²) in [6.07, 6.45) is 0. The number of fused-ring (bicyclic) bond motifs is 1. The lowest BCUT2D eigenvalue weighted by Gasteiger charge is -2.18. The molecule has 0 saturated heterocycles. The molecule has 0 spiro atoms. The molecule has 0 fully saturated rings. The van der Waals surface area contributed by atoms with Crippen LogP contribution in [-0.2, 0) is 4.74 Å². The largest absolute Gasteiger partial charge is 0.462 e. The highest BCUT2D eigenvalue weighted by Gasteiger charge is 2.24. The summed E-state index contributed by atoms with van der Waals surface area (Å²) < 4.78 is 5.84. The van der Waals surface area contributed by atoms with E-state index in [2.05, 4.69) is 4.98 Å². The fraction of sp³-hybridized carbons (Fsp3) is 0.211. The van der Waals surface area contributed by atoms with Crippen LogP contribution < -0.4 is 4.90 Å². The molecule has 0 unspecified atom stereocenters. The Labute approximate surface area is 164 Å². The predicted octanol–water partition coefficient (Wildman–Crippen LogP) is 4.05. The van der Waals surface area contributed by atoms with Gasteiger partial charge in [-0.2, -0.15) is 0 Å². The Bertz CT molecular complexity index is 1030. The highest BCUT2D eigenvalue weighted by molar-refractivity contribution is 7.22. The molecule has 144 valence electrons. The molecule has 0 aliphatic rings. The number of carbonyl (C=O) groups is 2. The Morgan fingerprint density at radius 2 is 1.89 bits per heavy atom.